The summed E-state index contributed by atoms with van der Waals surface area (Å²) in [7, 11) is 2.13. The van der Waals surface area contributed by atoms with E-state index in [2.05, 4.69) is 28.2 Å². The smallest absolute Gasteiger partial charge is 0.292 e. The summed E-state index contributed by atoms with van der Waals surface area (Å²) in [5.74, 6) is 0.225. The monoisotopic (exact) mass is 390 g/mol. The van der Waals surface area contributed by atoms with E-state index in [1.165, 1.54) is 0 Å². The molecule has 150 valence electrons. The molecule has 1 saturated heterocycles. The molecule has 0 aliphatic carbocycles. The summed E-state index contributed by atoms with van der Waals surface area (Å²) in [6.45, 7) is 2.38. The first-order valence-corrected chi connectivity index (χ1v) is 10.1. The van der Waals surface area contributed by atoms with Crippen LogP contribution < -0.4 is 0 Å². The molecule has 0 saturated carbocycles. The number of hydrogen-bond acceptors (Lipinski definition) is 5. The lowest BCUT2D eigenvalue weighted by molar-refractivity contribution is 0.0572. The van der Waals surface area contributed by atoms with Crippen molar-refractivity contribution in [1.82, 2.24) is 19.9 Å². The van der Waals surface area contributed by atoms with Crippen LogP contribution in [0.2, 0.25) is 0 Å². The number of piperidine rings is 1. The van der Waals surface area contributed by atoms with Crippen LogP contribution in [-0.2, 0) is 6.42 Å². The van der Waals surface area contributed by atoms with Crippen molar-refractivity contribution in [1.29, 1.82) is 0 Å². The number of aromatic nitrogens is 2. The molecule has 0 N–H and O–H groups in total. The van der Waals surface area contributed by atoms with E-state index in [4.69, 9.17) is 4.52 Å². The van der Waals surface area contributed by atoms with Gasteiger partial charge in [0.15, 0.2) is 0 Å². The average molecular weight is 390 g/mol. The van der Waals surface area contributed by atoms with Crippen molar-refractivity contribution in [3.8, 4) is 11.3 Å². The van der Waals surface area contributed by atoms with Gasteiger partial charge in [0.25, 0.3) is 5.91 Å². The number of carbonyl (C=O) groups excluding carboxylic acids is 1. The minimum absolute atomic E-state index is 0.0810. The molecular weight excluding hydrogens is 364 g/mol. The molecule has 3 aromatic rings. The fraction of sp³-hybridized carbons (Fsp3) is 0.348. The third-order valence-corrected chi connectivity index (χ3v) is 5.54. The predicted octanol–water partition coefficient (Wildman–Crippen LogP) is 3.52. The van der Waals surface area contributed by atoms with Gasteiger partial charge in [0, 0.05) is 55.6 Å². The standard InChI is InChI=1S/C23H26N4O2/c1-26(15-12-19-10-5-6-13-24-19)20-11-7-14-27(17-20)23(28)22-16-21(25-29-22)18-8-3-2-4-9-18/h2-6,8-10,13,16,20H,7,11-12,14-15,17H2,1H3/t20-/m0/s1. The van der Waals surface area contributed by atoms with Crippen LogP contribution in [0.4, 0.5) is 0 Å². The van der Waals surface area contributed by atoms with Crippen molar-refractivity contribution >= 4 is 5.91 Å². The minimum atomic E-state index is -0.0810. The van der Waals surface area contributed by atoms with Gasteiger partial charge in [0.2, 0.25) is 5.76 Å². The second-order valence-corrected chi connectivity index (χ2v) is 7.54. The second-order valence-electron chi connectivity index (χ2n) is 7.54. The molecule has 1 fully saturated rings. The van der Waals surface area contributed by atoms with Crippen molar-refractivity contribution in [3.63, 3.8) is 0 Å². The topological polar surface area (TPSA) is 62.5 Å². The molecule has 1 amide bonds. The number of rotatable bonds is 6. The zero-order valence-electron chi connectivity index (χ0n) is 16.7. The first-order valence-electron chi connectivity index (χ1n) is 10.1. The summed E-state index contributed by atoms with van der Waals surface area (Å²) < 4.78 is 5.37. The van der Waals surface area contributed by atoms with Gasteiger partial charge in [-0.1, -0.05) is 41.6 Å². The summed E-state index contributed by atoms with van der Waals surface area (Å²) >= 11 is 0. The molecule has 0 spiro atoms. The number of benzene rings is 1. The highest BCUT2D eigenvalue weighted by Gasteiger charge is 2.28. The Bertz CT molecular complexity index is 926. The van der Waals surface area contributed by atoms with Crippen molar-refractivity contribution in [2.45, 2.75) is 25.3 Å². The van der Waals surface area contributed by atoms with E-state index in [-0.39, 0.29) is 5.91 Å². The molecule has 29 heavy (non-hydrogen) atoms. The maximum absolute atomic E-state index is 13.0. The van der Waals surface area contributed by atoms with E-state index in [0.29, 0.717) is 24.0 Å². The van der Waals surface area contributed by atoms with Gasteiger partial charge in [-0.2, -0.15) is 0 Å². The van der Waals surface area contributed by atoms with Gasteiger partial charge in [-0.05, 0) is 32.0 Å². The number of pyridine rings is 1. The second kappa shape index (κ2) is 9.01. The minimum Gasteiger partial charge on any atom is -0.350 e. The Kier molecular flexibility index (Phi) is 6.00. The van der Waals surface area contributed by atoms with Crippen LogP contribution in [-0.4, -0.2) is 58.6 Å². The Morgan fingerprint density at radius 2 is 2.03 bits per heavy atom. The Hall–Kier alpha value is -2.99. The molecule has 0 bridgehead atoms. The third kappa shape index (κ3) is 4.71. The number of likely N-dealkylation sites (N-methyl/N-ethyl adjacent to an activating group) is 1. The zero-order chi connectivity index (χ0) is 20.1. The van der Waals surface area contributed by atoms with Crippen LogP contribution in [0.5, 0.6) is 0 Å². The van der Waals surface area contributed by atoms with Gasteiger partial charge in [-0.25, -0.2) is 0 Å². The number of carbonyl (C=O) groups is 1. The van der Waals surface area contributed by atoms with E-state index in [9.17, 15) is 4.79 Å². The van der Waals surface area contributed by atoms with Gasteiger partial charge < -0.3 is 14.3 Å². The number of amides is 1. The molecule has 1 atom stereocenters. The first kappa shape index (κ1) is 19.3. The lowest BCUT2D eigenvalue weighted by atomic mass is 10.0. The van der Waals surface area contributed by atoms with E-state index in [0.717, 1.165) is 43.6 Å². The number of likely N-dealkylation sites (tertiary alicyclic amines) is 1. The molecule has 1 aromatic carbocycles. The molecule has 3 heterocycles. The Balaban J connectivity index is 1.36. The number of hydrogen-bond donors (Lipinski definition) is 0. The highest BCUT2D eigenvalue weighted by Crippen LogP contribution is 2.22. The Labute approximate surface area is 171 Å². The van der Waals surface area contributed by atoms with E-state index in [1.807, 2.05) is 53.6 Å². The molecule has 6 heteroatoms. The van der Waals surface area contributed by atoms with Gasteiger partial charge in [0.1, 0.15) is 5.69 Å². The number of nitrogens with zero attached hydrogens (tertiary/aromatic N) is 4. The summed E-state index contributed by atoms with van der Waals surface area (Å²) in [5.41, 5.74) is 2.73. The quantitative estimate of drug-likeness (QED) is 0.644. The highest BCUT2D eigenvalue weighted by molar-refractivity contribution is 5.92. The van der Waals surface area contributed by atoms with Gasteiger partial charge in [-0.3, -0.25) is 9.78 Å². The highest BCUT2D eigenvalue weighted by atomic mass is 16.5. The van der Waals surface area contributed by atoms with Crippen LogP contribution in [0.3, 0.4) is 0 Å². The van der Waals surface area contributed by atoms with Crippen LogP contribution in [0.15, 0.2) is 65.3 Å². The van der Waals surface area contributed by atoms with Gasteiger partial charge in [0.05, 0.1) is 0 Å². The zero-order valence-corrected chi connectivity index (χ0v) is 16.7. The summed E-state index contributed by atoms with van der Waals surface area (Å²) in [4.78, 5) is 21.6. The summed E-state index contributed by atoms with van der Waals surface area (Å²) in [6.07, 6.45) is 4.82. The van der Waals surface area contributed by atoms with Gasteiger partial charge >= 0.3 is 0 Å². The van der Waals surface area contributed by atoms with E-state index < -0.39 is 0 Å². The van der Waals surface area contributed by atoms with Crippen LogP contribution >= 0.6 is 0 Å². The molecular formula is C23H26N4O2. The molecule has 4 rings (SSSR count). The summed E-state index contributed by atoms with van der Waals surface area (Å²) in [5, 5.41) is 4.08. The van der Waals surface area contributed by atoms with E-state index in [1.54, 1.807) is 6.07 Å². The molecule has 2 aromatic heterocycles. The fourth-order valence-corrected chi connectivity index (χ4v) is 3.80. The largest absolute Gasteiger partial charge is 0.350 e. The maximum atomic E-state index is 13.0. The maximum Gasteiger partial charge on any atom is 0.292 e. The summed E-state index contributed by atoms with van der Waals surface area (Å²) in [6, 6.07) is 17.9. The van der Waals surface area contributed by atoms with Crippen molar-refractivity contribution in [2.24, 2.45) is 0 Å². The third-order valence-electron chi connectivity index (χ3n) is 5.54. The van der Waals surface area contributed by atoms with Crippen molar-refractivity contribution in [2.75, 3.05) is 26.7 Å². The first-order chi connectivity index (χ1) is 14.2. The SMILES string of the molecule is CN(CCc1ccccn1)[C@H]1CCCN(C(=O)c2cc(-c3ccccc3)no2)C1. The van der Waals surface area contributed by atoms with Crippen molar-refractivity contribution in [3.05, 3.63) is 72.2 Å². The Morgan fingerprint density at radius 3 is 2.83 bits per heavy atom. The van der Waals surface area contributed by atoms with Crippen LogP contribution in [0.25, 0.3) is 11.3 Å². The van der Waals surface area contributed by atoms with Gasteiger partial charge in [-0.15, -0.1) is 0 Å². The molecule has 0 unspecified atom stereocenters. The normalized spacial score (nSPS) is 16.9. The van der Waals surface area contributed by atoms with Crippen molar-refractivity contribution < 1.29 is 9.32 Å². The van der Waals surface area contributed by atoms with E-state index >= 15 is 0 Å². The molecule has 1 aliphatic rings. The molecule has 0 radical (unpaired) electrons. The average Bonchev–Trinajstić information content (AvgIpc) is 3.29. The Morgan fingerprint density at radius 1 is 1.21 bits per heavy atom. The van der Waals surface area contributed by atoms with Crippen LogP contribution in [0.1, 0.15) is 29.1 Å². The fourth-order valence-electron chi connectivity index (χ4n) is 3.80. The lowest BCUT2D eigenvalue weighted by Gasteiger charge is -2.37. The lowest BCUT2D eigenvalue weighted by Crippen LogP contribution is -2.49. The molecule has 1 aliphatic heterocycles. The molecule has 6 nitrogen and oxygen atoms in total. The predicted molar refractivity (Wildman–Crippen MR) is 111 cm³/mol. The van der Waals surface area contributed by atoms with Crippen LogP contribution in [0, 0.1) is 0 Å².